The molecule has 0 aromatic carbocycles. The van der Waals surface area contributed by atoms with E-state index in [9.17, 15) is 4.79 Å². The summed E-state index contributed by atoms with van der Waals surface area (Å²) in [5, 5.41) is 20.8. The fourth-order valence-electron chi connectivity index (χ4n) is 3.34. The average molecular weight is 342 g/mol. The molecular weight excluding hydrogens is 316 g/mol. The number of hydrogen-bond donors (Lipinski definition) is 1. The molecule has 1 fully saturated rings. The number of aromatic amines is 1. The third-order valence-corrected chi connectivity index (χ3v) is 5.06. The second kappa shape index (κ2) is 6.51. The molecule has 0 bridgehead atoms. The van der Waals surface area contributed by atoms with E-state index in [1.165, 1.54) is 19.3 Å². The number of nitrogens with one attached hydrogen (secondary N) is 1. The van der Waals surface area contributed by atoms with Gasteiger partial charge in [0.25, 0.3) is 5.56 Å². The Kier molecular flexibility index (Phi) is 4.55. The van der Waals surface area contributed by atoms with Crippen LogP contribution in [0.4, 0.5) is 0 Å². The lowest BCUT2D eigenvalue weighted by Gasteiger charge is -2.24. The molecule has 0 saturated heterocycles. The molecule has 1 aliphatic rings. The molecule has 0 amide bonds. The van der Waals surface area contributed by atoms with Crippen LogP contribution in [0.15, 0.2) is 4.79 Å². The smallest absolute Gasteiger partial charge is 0.270 e. The van der Waals surface area contributed by atoms with E-state index >= 15 is 0 Å². The van der Waals surface area contributed by atoms with Gasteiger partial charge in [-0.1, -0.05) is 27.2 Å². The van der Waals surface area contributed by atoms with Gasteiger partial charge in [-0.05, 0) is 19.3 Å². The molecule has 25 heavy (non-hydrogen) atoms. The van der Waals surface area contributed by atoms with Gasteiger partial charge in [0.15, 0.2) is 5.82 Å². The summed E-state index contributed by atoms with van der Waals surface area (Å²) in [6, 6.07) is 2.13. The standard InChI is InChI=1S/C18H26N6O/c1-18(2,3)15-13(9-6-10-19)17(25)24(22-15)11-14-20-21-16(23(14)4)12-7-5-8-12/h12,22H,5-9,11H2,1-4H3. The summed E-state index contributed by atoms with van der Waals surface area (Å²) in [5.74, 6) is 2.29. The molecule has 1 N–H and O–H groups in total. The van der Waals surface area contributed by atoms with Crippen molar-refractivity contribution >= 4 is 0 Å². The molecular formula is C18H26N6O. The van der Waals surface area contributed by atoms with Crippen molar-refractivity contribution in [3.63, 3.8) is 0 Å². The van der Waals surface area contributed by atoms with Gasteiger partial charge in [-0.3, -0.25) is 9.89 Å². The Balaban J connectivity index is 1.93. The molecule has 0 radical (unpaired) electrons. The predicted molar refractivity (Wildman–Crippen MR) is 94.4 cm³/mol. The molecule has 134 valence electrons. The number of H-pyrrole nitrogens is 1. The van der Waals surface area contributed by atoms with E-state index in [-0.39, 0.29) is 11.0 Å². The zero-order valence-electron chi connectivity index (χ0n) is 15.5. The lowest BCUT2D eigenvalue weighted by atomic mass is 9.85. The zero-order chi connectivity index (χ0) is 18.2. The Morgan fingerprint density at radius 3 is 2.60 bits per heavy atom. The second-order valence-corrected chi connectivity index (χ2v) is 7.93. The quantitative estimate of drug-likeness (QED) is 0.903. The maximum absolute atomic E-state index is 12.8. The fraction of sp³-hybridized carbons (Fsp3) is 0.667. The van der Waals surface area contributed by atoms with Crippen LogP contribution >= 0.6 is 0 Å². The van der Waals surface area contributed by atoms with Crippen molar-refractivity contribution in [1.29, 1.82) is 5.26 Å². The molecule has 0 unspecified atom stereocenters. The Morgan fingerprint density at radius 2 is 2.04 bits per heavy atom. The van der Waals surface area contributed by atoms with Crippen LogP contribution in [0.1, 0.15) is 75.3 Å². The first kappa shape index (κ1) is 17.5. The van der Waals surface area contributed by atoms with E-state index in [0.717, 1.165) is 17.3 Å². The fourth-order valence-corrected chi connectivity index (χ4v) is 3.34. The van der Waals surface area contributed by atoms with Gasteiger partial charge in [-0.2, -0.15) is 5.26 Å². The minimum absolute atomic E-state index is 0.0617. The number of nitrogens with zero attached hydrogens (tertiary/aromatic N) is 5. The molecule has 1 aliphatic carbocycles. The van der Waals surface area contributed by atoms with Crippen molar-refractivity contribution in [3.8, 4) is 6.07 Å². The third-order valence-electron chi connectivity index (χ3n) is 5.06. The summed E-state index contributed by atoms with van der Waals surface area (Å²) in [6.07, 6.45) is 4.39. The summed E-state index contributed by atoms with van der Waals surface area (Å²) in [7, 11) is 1.97. The van der Waals surface area contributed by atoms with Gasteiger partial charge in [0, 0.05) is 36.1 Å². The summed E-state index contributed by atoms with van der Waals surface area (Å²) in [4.78, 5) is 12.8. The Bertz CT molecular complexity index is 854. The van der Waals surface area contributed by atoms with Gasteiger partial charge in [0.2, 0.25) is 0 Å². The highest BCUT2D eigenvalue weighted by molar-refractivity contribution is 5.25. The van der Waals surface area contributed by atoms with Crippen LogP contribution in [0.25, 0.3) is 0 Å². The number of aromatic nitrogens is 5. The van der Waals surface area contributed by atoms with Crippen molar-refractivity contribution in [2.75, 3.05) is 0 Å². The molecule has 7 nitrogen and oxygen atoms in total. The number of rotatable bonds is 5. The SMILES string of the molecule is Cn1c(Cn2[nH]c(C(C)(C)C)c(CCC#N)c2=O)nnc1C1CCC1. The van der Waals surface area contributed by atoms with Crippen LogP contribution < -0.4 is 5.56 Å². The van der Waals surface area contributed by atoms with Gasteiger partial charge < -0.3 is 4.57 Å². The molecule has 2 aromatic heterocycles. The van der Waals surface area contributed by atoms with Crippen molar-refractivity contribution in [2.45, 2.75) is 70.8 Å². The minimum atomic E-state index is -0.188. The van der Waals surface area contributed by atoms with Gasteiger partial charge in [-0.15, -0.1) is 10.2 Å². The molecule has 3 rings (SSSR count). The van der Waals surface area contributed by atoms with Crippen LogP contribution in [0.3, 0.4) is 0 Å². The largest absolute Gasteiger partial charge is 0.316 e. The summed E-state index contributed by atoms with van der Waals surface area (Å²) in [6.45, 7) is 6.56. The normalized spacial score (nSPS) is 15.2. The van der Waals surface area contributed by atoms with E-state index in [0.29, 0.717) is 30.9 Å². The first-order valence-electron chi connectivity index (χ1n) is 8.90. The number of hydrogen-bond acceptors (Lipinski definition) is 4. The molecule has 1 saturated carbocycles. The lowest BCUT2D eigenvalue weighted by molar-refractivity contribution is 0.391. The maximum atomic E-state index is 12.8. The molecule has 0 spiro atoms. The second-order valence-electron chi connectivity index (χ2n) is 7.93. The van der Waals surface area contributed by atoms with Crippen molar-refractivity contribution in [2.24, 2.45) is 7.05 Å². The monoisotopic (exact) mass is 342 g/mol. The van der Waals surface area contributed by atoms with Crippen LogP contribution in [-0.2, 0) is 25.4 Å². The molecule has 2 heterocycles. The van der Waals surface area contributed by atoms with Crippen molar-refractivity contribution < 1.29 is 0 Å². The maximum Gasteiger partial charge on any atom is 0.270 e. The van der Waals surface area contributed by atoms with E-state index in [2.05, 4.69) is 42.1 Å². The number of nitriles is 1. The van der Waals surface area contributed by atoms with E-state index < -0.39 is 0 Å². The molecule has 0 atom stereocenters. The Morgan fingerprint density at radius 1 is 1.32 bits per heavy atom. The summed E-state index contributed by atoms with van der Waals surface area (Å²) in [5.41, 5.74) is 1.35. The molecule has 2 aromatic rings. The van der Waals surface area contributed by atoms with Crippen LogP contribution in [0.5, 0.6) is 0 Å². The minimum Gasteiger partial charge on any atom is -0.316 e. The first-order chi connectivity index (χ1) is 11.8. The van der Waals surface area contributed by atoms with Crippen LogP contribution in [0.2, 0.25) is 0 Å². The van der Waals surface area contributed by atoms with Crippen molar-refractivity contribution in [3.05, 3.63) is 33.3 Å². The highest BCUT2D eigenvalue weighted by Crippen LogP contribution is 2.35. The summed E-state index contributed by atoms with van der Waals surface area (Å²) < 4.78 is 3.62. The highest BCUT2D eigenvalue weighted by Gasteiger charge is 2.27. The average Bonchev–Trinajstić information content (AvgIpc) is 2.99. The predicted octanol–water partition coefficient (Wildman–Crippen LogP) is 2.37. The van der Waals surface area contributed by atoms with E-state index in [1.54, 1.807) is 4.68 Å². The Hall–Kier alpha value is -2.36. The molecule has 7 heteroatoms. The summed E-state index contributed by atoms with van der Waals surface area (Å²) >= 11 is 0. The van der Waals surface area contributed by atoms with Gasteiger partial charge in [0.1, 0.15) is 12.4 Å². The van der Waals surface area contributed by atoms with Crippen LogP contribution in [0, 0.1) is 11.3 Å². The third kappa shape index (κ3) is 3.26. The molecule has 0 aliphatic heterocycles. The van der Waals surface area contributed by atoms with Crippen LogP contribution in [-0.4, -0.2) is 24.5 Å². The van der Waals surface area contributed by atoms with E-state index in [4.69, 9.17) is 5.26 Å². The van der Waals surface area contributed by atoms with E-state index in [1.807, 2.05) is 11.6 Å². The first-order valence-corrected chi connectivity index (χ1v) is 8.90. The Labute approximate surface area is 147 Å². The topological polar surface area (TPSA) is 92.3 Å². The van der Waals surface area contributed by atoms with Gasteiger partial charge >= 0.3 is 0 Å². The highest BCUT2D eigenvalue weighted by atomic mass is 16.1. The van der Waals surface area contributed by atoms with Gasteiger partial charge in [0.05, 0.1) is 6.07 Å². The van der Waals surface area contributed by atoms with Gasteiger partial charge in [-0.25, -0.2) is 4.68 Å². The van der Waals surface area contributed by atoms with Crippen molar-refractivity contribution in [1.82, 2.24) is 24.5 Å². The lowest BCUT2D eigenvalue weighted by Crippen LogP contribution is -2.22. The zero-order valence-corrected chi connectivity index (χ0v) is 15.5.